The van der Waals surface area contributed by atoms with Gasteiger partial charge in [-0.25, -0.2) is 13.6 Å². The fourth-order valence-corrected chi connectivity index (χ4v) is 4.63. The van der Waals surface area contributed by atoms with Crippen molar-refractivity contribution >= 4 is 17.0 Å². The van der Waals surface area contributed by atoms with Crippen molar-refractivity contribution in [1.29, 1.82) is 0 Å². The van der Waals surface area contributed by atoms with E-state index in [9.17, 15) is 23.5 Å². The van der Waals surface area contributed by atoms with Crippen molar-refractivity contribution in [2.75, 3.05) is 6.54 Å². The minimum Gasteiger partial charge on any atom is -0.408 e. The van der Waals surface area contributed by atoms with Crippen LogP contribution in [0.1, 0.15) is 36.5 Å². The van der Waals surface area contributed by atoms with Gasteiger partial charge in [0.2, 0.25) is 5.91 Å². The quantitative estimate of drug-likeness (QED) is 0.239. The second-order valence-corrected chi connectivity index (χ2v) is 9.62. The molecule has 4 aromatic rings. The first-order valence-electron chi connectivity index (χ1n) is 13.1. The van der Waals surface area contributed by atoms with Crippen LogP contribution in [0.25, 0.3) is 11.1 Å². The highest BCUT2D eigenvalue weighted by atomic mass is 19.1. The zero-order chi connectivity index (χ0) is 27.8. The molecule has 39 heavy (non-hydrogen) atoms. The molecule has 1 aromatic heterocycles. The SMILES string of the molecule is CCc1cccc(CNC[C@@H](O)[C@H](Cc2cc(F)cc(F)c2)NC(=O)CCCn2c(=O)oc3ccccc32)c1. The second-order valence-electron chi connectivity index (χ2n) is 9.62. The van der Waals surface area contributed by atoms with Crippen LogP contribution in [0.2, 0.25) is 0 Å². The number of aliphatic hydroxyl groups is 1. The standard InChI is InChI=1S/C30H33F2N3O4/c1-2-20-7-5-8-21(13-20)18-33-19-27(36)25(16-22-14-23(31)17-24(32)15-22)34-29(37)11-6-12-35-26-9-3-4-10-28(26)39-30(35)38/h3-5,7-10,13-15,17,25,27,33,36H,2,6,11-12,16,18-19H2,1H3,(H,34,37)/t25-,27+/m0/s1. The Labute approximate surface area is 225 Å². The number of carbonyl (C=O) groups is 1. The lowest BCUT2D eigenvalue weighted by Crippen LogP contribution is -2.48. The van der Waals surface area contributed by atoms with Crippen LogP contribution in [-0.4, -0.2) is 34.3 Å². The van der Waals surface area contributed by atoms with E-state index in [0.717, 1.165) is 18.1 Å². The van der Waals surface area contributed by atoms with Crippen molar-refractivity contribution in [2.24, 2.45) is 0 Å². The van der Waals surface area contributed by atoms with E-state index < -0.39 is 29.5 Å². The van der Waals surface area contributed by atoms with Gasteiger partial charge in [-0.05, 0) is 60.2 Å². The Morgan fingerprint density at radius 3 is 2.51 bits per heavy atom. The van der Waals surface area contributed by atoms with Crippen LogP contribution in [0.5, 0.6) is 0 Å². The second kappa shape index (κ2) is 13.3. The maximum absolute atomic E-state index is 13.8. The molecule has 0 fully saturated rings. The third kappa shape index (κ3) is 7.84. The van der Waals surface area contributed by atoms with Crippen LogP contribution in [0.4, 0.5) is 8.78 Å². The molecule has 0 aliphatic rings. The number of oxazole rings is 1. The van der Waals surface area contributed by atoms with E-state index in [1.165, 1.54) is 22.3 Å². The Morgan fingerprint density at radius 1 is 1.00 bits per heavy atom. The van der Waals surface area contributed by atoms with Crippen LogP contribution >= 0.6 is 0 Å². The van der Waals surface area contributed by atoms with Crippen LogP contribution in [0.3, 0.4) is 0 Å². The molecule has 0 spiro atoms. The Morgan fingerprint density at radius 2 is 1.74 bits per heavy atom. The van der Waals surface area contributed by atoms with E-state index in [0.29, 0.717) is 29.6 Å². The molecule has 4 rings (SSSR count). The normalized spacial score (nSPS) is 12.9. The van der Waals surface area contributed by atoms with E-state index in [1.54, 1.807) is 24.3 Å². The monoisotopic (exact) mass is 537 g/mol. The molecule has 3 aromatic carbocycles. The predicted molar refractivity (Wildman–Crippen MR) is 145 cm³/mol. The highest BCUT2D eigenvalue weighted by Gasteiger charge is 2.22. The average Bonchev–Trinajstić information content (AvgIpc) is 3.22. The molecule has 2 atom stereocenters. The number of carbonyl (C=O) groups excluding carboxylic acids is 1. The first-order chi connectivity index (χ1) is 18.8. The predicted octanol–water partition coefficient (Wildman–Crippen LogP) is 4.09. The average molecular weight is 538 g/mol. The van der Waals surface area contributed by atoms with Gasteiger partial charge < -0.3 is 20.2 Å². The summed E-state index contributed by atoms with van der Waals surface area (Å²) >= 11 is 0. The molecule has 9 heteroatoms. The first-order valence-corrected chi connectivity index (χ1v) is 13.1. The van der Waals surface area contributed by atoms with E-state index >= 15 is 0 Å². The van der Waals surface area contributed by atoms with Crippen LogP contribution in [-0.2, 0) is 30.7 Å². The van der Waals surface area contributed by atoms with E-state index in [2.05, 4.69) is 23.6 Å². The number of nitrogens with one attached hydrogen (secondary N) is 2. The van der Waals surface area contributed by atoms with Crippen LogP contribution < -0.4 is 16.4 Å². The molecule has 0 saturated heterocycles. The fourth-order valence-electron chi connectivity index (χ4n) is 4.63. The van der Waals surface area contributed by atoms with Gasteiger partial charge in [0, 0.05) is 32.1 Å². The molecule has 0 aliphatic carbocycles. The number of hydrogen-bond acceptors (Lipinski definition) is 5. The maximum atomic E-state index is 13.8. The van der Waals surface area contributed by atoms with Crippen LogP contribution in [0, 0.1) is 11.6 Å². The molecule has 0 saturated carbocycles. The summed E-state index contributed by atoms with van der Waals surface area (Å²) < 4.78 is 34.3. The smallest absolute Gasteiger partial charge is 0.408 e. The maximum Gasteiger partial charge on any atom is 0.419 e. The summed E-state index contributed by atoms with van der Waals surface area (Å²) in [6.45, 7) is 3.04. The van der Waals surface area contributed by atoms with Crippen LogP contribution in [0.15, 0.2) is 75.9 Å². The van der Waals surface area contributed by atoms with Gasteiger partial charge >= 0.3 is 5.76 Å². The number of aliphatic hydroxyl groups excluding tert-OH is 1. The lowest BCUT2D eigenvalue weighted by Gasteiger charge is -2.25. The zero-order valence-corrected chi connectivity index (χ0v) is 21.8. The molecule has 206 valence electrons. The van der Waals surface area contributed by atoms with Gasteiger partial charge in [0.15, 0.2) is 5.58 Å². The summed E-state index contributed by atoms with van der Waals surface area (Å²) in [5.74, 6) is -2.28. The number of halogens is 2. The number of hydrogen-bond donors (Lipinski definition) is 3. The molecule has 1 amide bonds. The molecule has 0 unspecified atom stereocenters. The summed E-state index contributed by atoms with van der Waals surface area (Å²) in [6, 6.07) is 17.5. The van der Waals surface area contributed by atoms with Gasteiger partial charge in [0.25, 0.3) is 0 Å². The fraction of sp³-hybridized carbons (Fsp3) is 0.333. The molecule has 0 bridgehead atoms. The largest absolute Gasteiger partial charge is 0.419 e. The van der Waals surface area contributed by atoms with Gasteiger partial charge in [-0.2, -0.15) is 0 Å². The molecule has 0 aliphatic heterocycles. The summed E-state index contributed by atoms with van der Waals surface area (Å²) in [6.07, 6.45) is 0.388. The number of nitrogens with zero attached hydrogens (tertiary/aromatic N) is 1. The van der Waals surface area contributed by atoms with Crippen molar-refractivity contribution in [3.05, 3.63) is 106 Å². The van der Waals surface area contributed by atoms with Gasteiger partial charge in [-0.15, -0.1) is 0 Å². The third-order valence-corrected chi connectivity index (χ3v) is 6.63. The van der Waals surface area contributed by atoms with E-state index in [4.69, 9.17) is 4.42 Å². The molecular weight excluding hydrogens is 504 g/mol. The highest BCUT2D eigenvalue weighted by Crippen LogP contribution is 2.14. The Hall–Kier alpha value is -3.82. The number of aryl methyl sites for hydroxylation is 2. The van der Waals surface area contributed by atoms with Gasteiger partial charge in [0.05, 0.1) is 17.7 Å². The highest BCUT2D eigenvalue weighted by molar-refractivity contribution is 5.76. The van der Waals surface area contributed by atoms with E-state index in [-0.39, 0.29) is 31.8 Å². The summed E-state index contributed by atoms with van der Waals surface area (Å²) in [7, 11) is 0. The topological polar surface area (TPSA) is 96.5 Å². The van der Waals surface area contributed by atoms with Crippen molar-refractivity contribution in [1.82, 2.24) is 15.2 Å². The molecular formula is C30H33F2N3O4. The number of aromatic nitrogens is 1. The Bertz CT molecular complexity index is 1450. The first kappa shape index (κ1) is 28.2. The Balaban J connectivity index is 1.37. The van der Waals surface area contributed by atoms with E-state index in [1.807, 2.05) is 18.2 Å². The number of rotatable bonds is 13. The number of benzene rings is 3. The number of fused-ring (bicyclic) bond motifs is 1. The lowest BCUT2D eigenvalue weighted by molar-refractivity contribution is -0.122. The minimum absolute atomic E-state index is 0.0421. The summed E-state index contributed by atoms with van der Waals surface area (Å²) in [4.78, 5) is 25.0. The van der Waals surface area contributed by atoms with Crippen molar-refractivity contribution in [2.45, 2.75) is 57.8 Å². The van der Waals surface area contributed by atoms with Crippen molar-refractivity contribution in [3.8, 4) is 0 Å². The Kier molecular flexibility index (Phi) is 9.62. The summed E-state index contributed by atoms with van der Waals surface area (Å²) in [5, 5.41) is 17.0. The van der Waals surface area contributed by atoms with Crippen molar-refractivity contribution < 1.29 is 23.1 Å². The lowest BCUT2D eigenvalue weighted by atomic mass is 10.00. The minimum atomic E-state index is -1.02. The molecule has 0 radical (unpaired) electrons. The van der Waals surface area contributed by atoms with Crippen molar-refractivity contribution in [3.63, 3.8) is 0 Å². The number of para-hydroxylation sites is 2. The molecule has 7 nitrogen and oxygen atoms in total. The third-order valence-electron chi connectivity index (χ3n) is 6.63. The molecule has 1 heterocycles. The van der Waals surface area contributed by atoms with Gasteiger partial charge in [0.1, 0.15) is 11.6 Å². The zero-order valence-electron chi connectivity index (χ0n) is 21.8. The van der Waals surface area contributed by atoms with Gasteiger partial charge in [-0.3, -0.25) is 9.36 Å². The van der Waals surface area contributed by atoms with Gasteiger partial charge in [-0.1, -0.05) is 43.3 Å². The molecule has 3 N–H and O–H groups in total. The number of amides is 1. The summed E-state index contributed by atoms with van der Waals surface area (Å²) in [5.41, 5.74) is 3.73.